The molecule has 114 valence electrons. The molecule has 0 aliphatic rings. The van der Waals surface area contributed by atoms with Crippen molar-refractivity contribution in [2.24, 2.45) is 5.73 Å². The van der Waals surface area contributed by atoms with Crippen LogP contribution in [0.5, 0.6) is 0 Å². The third kappa shape index (κ3) is 4.10. The van der Waals surface area contributed by atoms with Crippen LogP contribution in [0.1, 0.15) is 30.8 Å². The number of nitrogens with one attached hydrogen (secondary N) is 1. The second-order valence-electron chi connectivity index (χ2n) is 4.57. The SMILES string of the molecule is CCC(N)c1cccc(S(=O)(=O)NCCc2ncno2)c1. The number of hydrogen-bond donors (Lipinski definition) is 2. The number of aromatic nitrogens is 2. The topological polar surface area (TPSA) is 111 Å². The van der Waals surface area contributed by atoms with E-state index in [-0.39, 0.29) is 17.5 Å². The minimum Gasteiger partial charge on any atom is -0.340 e. The highest BCUT2D eigenvalue weighted by atomic mass is 32.2. The lowest BCUT2D eigenvalue weighted by Crippen LogP contribution is -2.26. The van der Waals surface area contributed by atoms with Crippen molar-refractivity contribution in [3.8, 4) is 0 Å². The molecule has 0 saturated heterocycles. The lowest BCUT2D eigenvalue weighted by Gasteiger charge is -2.11. The van der Waals surface area contributed by atoms with Gasteiger partial charge in [-0.15, -0.1) is 0 Å². The van der Waals surface area contributed by atoms with Gasteiger partial charge in [-0.05, 0) is 24.1 Å². The average molecular weight is 310 g/mol. The Morgan fingerprint density at radius 3 is 2.90 bits per heavy atom. The van der Waals surface area contributed by atoms with Gasteiger partial charge in [0.1, 0.15) is 0 Å². The second kappa shape index (κ2) is 6.79. The van der Waals surface area contributed by atoms with Crippen molar-refractivity contribution in [1.29, 1.82) is 0 Å². The zero-order valence-electron chi connectivity index (χ0n) is 11.7. The molecule has 0 radical (unpaired) electrons. The molecule has 1 heterocycles. The highest BCUT2D eigenvalue weighted by Crippen LogP contribution is 2.18. The van der Waals surface area contributed by atoms with Crippen LogP contribution in [0.2, 0.25) is 0 Å². The minimum atomic E-state index is -3.57. The van der Waals surface area contributed by atoms with Crippen molar-refractivity contribution in [2.75, 3.05) is 6.54 Å². The Morgan fingerprint density at radius 2 is 2.24 bits per heavy atom. The van der Waals surface area contributed by atoms with E-state index in [9.17, 15) is 8.42 Å². The number of nitrogens with two attached hydrogens (primary N) is 1. The van der Waals surface area contributed by atoms with Crippen LogP contribution in [0, 0.1) is 0 Å². The summed E-state index contributed by atoms with van der Waals surface area (Å²) in [5, 5.41) is 3.46. The van der Waals surface area contributed by atoms with Gasteiger partial charge in [-0.1, -0.05) is 24.2 Å². The van der Waals surface area contributed by atoms with E-state index < -0.39 is 10.0 Å². The Morgan fingerprint density at radius 1 is 1.43 bits per heavy atom. The lowest BCUT2D eigenvalue weighted by atomic mass is 10.1. The zero-order chi connectivity index (χ0) is 15.3. The molecular formula is C13H18N4O3S. The molecule has 0 fully saturated rings. The van der Waals surface area contributed by atoms with E-state index >= 15 is 0 Å². The molecule has 1 unspecified atom stereocenters. The molecule has 0 saturated carbocycles. The summed E-state index contributed by atoms with van der Waals surface area (Å²) in [6.07, 6.45) is 2.36. The number of benzene rings is 1. The van der Waals surface area contributed by atoms with Crippen LogP contribution in [0.4, 0.5) is 0 Å². The summed E-state index contributed by atoms with van der Waals surface area (Å²) in [4.78, 5) is 4.03. The van der Waals surface area contributed by atoms with Crippen LogP contribution in [0.3, 0.4) is 0 Å². The summed E-state index contributed by atoms with van der Waals surface area (Å²) in [6, 6.07) is 6.49. The predicted molar refractivity (Wildman–Crippen MR) is 76.9 cm³/mol. The number of sulfonamides is 1. The predicted octanol–water partition coefficient (Wildman–Crippen LogP) is 1.00. The average Bonchev–Trinajstić information content (AvgIpc) is 2.99. The van der Waals surface area contributed by atoms with E-state index in [1.54, 1.807) is 18.2 Å². The van der Waals surface area contributed by atoms with E-state index in [4.69, 9.17) is 10.3 Å². The van der Waals surface area contributed by atoms with E-state index in [0.29, 0.717) is 12.3 Å². The first kappa shape index (κ1) is 15.6. The van der Waals surface area contributed by atoms with Crippen molar-refractivity contribution < 1.29 is 12.9 Å². The summed E-state index contributed by atoms with van der Waals surface area (Å²) < 4.78 is 31.7. The van der Waals surface area contributed by atoms with Crippen molar-refractivity contribution in [2.45, 2.75) is 30.7 Å². The molecule has 0 bridgehead atoms. The van der Waals surface area contributed by atoms with Gasteiger partial charge in [0.05, 0.1) is 4.90 Å². The van der Waals surface area contributed by atoms with Gasteiger partial charge in [-0.3, -0.25) is 0 Å². The Hall–Kier alpha value is -1.77. The third-order valence-corrected chi connectivity index (χ3v) is 4.53. The van der Waals surface area contributed by atoms with Crippen LogP contribution >= 0.6 is 0 Å². The first-order valence-corrected chi connectivity index (χ1v) is 8.12. The van der Waals surface area contributed by atoms with Gasteiger partial charge in [0.15, 0.2) is 6.33 Å². The summed E-state index contributed by atoms with van der Waals surface area (Å²) in [6.45, 7) is 2.14. The quantitative estimate of drug-likeness (QED) is 0.789. The normalized spacial score (nSPS) is 13.2. The number of hydrogen-bond acceptors (Lipinski definition) is 6. The lowest BCUT2D eigenvalue weighted by molar-refractivity contribution is 0.377. The Labute approximate surface area is 123 Å². The Balaban J connectivity index is 2.05. The molecule has 0 spiro atoms. The fourth-order valence-corrected chi connectivity index (χ4v) is 2.92. The van der Waals surface area contributed by atoms with Crippen molar-refractivity contribution in [3.63, 3.8) is 0 Å². The Kier molecular flexibility index (Phi) is 5.05. The molecule has 8 heteroatoms. The third-order valence-electron chi connectivity index (χ3n) is 3.07. The Bertz CT molecular complexity index is 670. The van der Waals surface area contributed by atoms with Gasteiger partial charge < -0.3 is 10.3 Å². The van der Waals surface area contributed by atoms with Crippen LogP contribution in [0.15, 0.2) is 40.0 Å². The van der Waals surface area contributed by atoms with Gasteiger partial charge >= 0.3 is 0 Å². The molecule has 1 aromatic heterocycles. The first-order chi connectivity index (χ1) is 10.0. The van der Waals surface area contributed by atoms with Crippen LogP contribution in [-0.2, 0) is 16.4 Å². The van der Waals surface area contributed by atoms with Crippen LogP contribution in [0.25, 0.3) is 0 Å². The molecule has 0 aliphatic carbocycles. The molecule has 21 heavy (non-hydrogen) atoms. The van der Waals surface area contributed by atoms with Gasteiger partial charge in [0.2, 0.25) is 15.9 Å². The maximum absolute atomic E-state index is 12.2. The highest BCUT2D eigenvalue weighted by Gasteiger charge is 2.15. The molecule has 0 aliphatic heterocycles. The standard InChI is InChI=1S/C13H18N4O3S/c1-2-12(14)10-4-3-5-11(8-10)21(18,19)17-7-6-13-15-9-16-20-13/h3-5,8-9,12,17H,2,6-7,14H2,1H3. The molecule has 1 atom stereocenters. The minimum absolute atomic E-state index is 0.168. The van der Waals surface area contributed by atoms with Gasteiger partial charge in [0.25, 0.3) is 0 Å². The molecule has 3 N–H and O–H groups in total. The number of nitrogens with zero attached hydrogens (tertiary/aromatic N) is 2. The van der Waals surface area contributed by atoms with E-state index in [0.717, 1.165) is 12.0 Å². The molecule has 2 rings (SSSR count). The van der Waals surface area contributed by atoms with E-state index in [2.05, 4.69) is 14.9 Å². The molecule has 0 amide bonds. The molecule has 2 aromatic rings. The smallest absolute Gasteiger partial charge is 0.240 e. The largest absolute Gasteiger partial charge is 0.340 e. The molecule has 1 aromatic carbocycles. The zero-order valence-corrected chi connectivity index (χ0v) is 12.5. The second-order valence-corrected chi connectivity index (χ2v) is 6.34. The van der Waals surface area contributed by atoms with E-state index in [1.807, 2.05) is 13.0 Å². The summed E-state index contributed by atoms with van der Waals surface area (Å²) in [5.74, 6) is 0.388. The maximum atomic E-state index is 12.2. The van der Waals surface area contributed by atoms with Gasteiger partial charge in [-0.25, -0.2) is 13.1 Å². The maximum Gasteiger partial charge on any atom is 0.240 e. The monoisotopic (exact) mass is 310 g/mol. The van der Waals surface area contributed by atoms with Crippen LogP contribution < -0.4 is 10.5 Å². The molecule has 7 nitrogen and oxygen atoms in total. The highest BCUT2D eigenvalue weighted by molar-refractivity contribution is 7.89. The van der Waals surface area contributed by atoms with Gasteiger partial charge in [-0.2, -0.15) is 4.98 Å². The molecular weight excluding hydrogens is 292 g/mol. The first-order valence-electron chi connectivity index (χ1n) is 6.63. The van der Waals surface area contributed by atoms with Crippen molar-refractivity contribution in [1.82, 2.24) is 14.9 Å². The summed E-state index contributed by atoms with van der Waals surface area (Å²) in [5.41, 5.74) is 6.73. The summed E-state index contributed by atoms with van der Waals surface area (Å²) >= 11 is 0. The van der Waals surface area contributed by atoms with Crippen molar-refractivity contribution in [3.05, 3.63) is 42.0 Å². The summed E-state index contributed by atoms with van der Waals surface area (Å²) in [7, 11) is -3.57. The van der Waals surface area contributed by atoms with Gasteiger partial charge in [0, 0.05) is 19.0 Å². The van der Waals surface area contributed by atoms with E-state index in [1.165, 1.54) is 6.33 Å². The number of rotatable bonds is 7. The fraction of sp³-hybridized carbons (Fsp3) is 0.385. The fourth-order valence-electron chi connectivity index (χ4n) is 1.83. The van der Waals surface area contributed by atoms with Crippen molar-refractivity contribution >= 4 is 10.0 Å². The van der Waals surface area contributed by atoms with Crippen LogP contribution in [-0.4, -0.2) is 25.1 Å².